The molecule has 10 heteroatoms. The molecule has 1 saturated carbocycles. The lowest BCUT2D eigenvalue weighted by molar-refractivity contribution is -0.137. The van der Waals surface area contributed by atoms with Crippen molar-refractivity contribution in [1.29, 1.82) is 0 Å². The topological polar surface area (TPSA) is 69.7 Å². The van der Waals surface area contributed by atoms with Crippen molar-refractivity contribution in [2.75, 3.05) is 20.1 Å². The zero-order valence-corrected chi connectivity index (χ0v) is 20.3. The molecule has 2 atom stereocenters. The number of carbonyl (C=O) groups is 1. The zero-order chi connectivity index (χ0) is 24.4. The monoisotopic (exact) mass is 489 g/mol. The molecule has 186 valence electrons. The summed E-state index contributed by atoms with van der Waals surface area (Å²) in [6.45, 7) is 5.02. The highest BCUT2D eigenvalue weighted by molar-refractivity contribution is 7.89. The third kappa shape index (κ3) is 6.48. The van der Waals surface area contributed by atoms with Gasteiger partial charge in [0.1, 0.15) is 0 Å². The molecule has 2 fully saturated rings. The number of halogens is 3. The third-order valence-corrected chi connectivity index (χ3v) is 8.34. The van der Waals surface area contributed by atoms with Crippen LogP contribution in [0.5, 0.6) is 0 Å². The quantitative estimate of drug-likeness (QED) is 0.572. The highest BCUT2D eigenvalue weighted by Crippen LogP contribution is 2.38. The molecule has 1 aromatic rings. The molecule has 6 nitrogen and oxygen atoms in total. The van der Waals surface area contributed by atoms with Gasteiger partial charge >= 0.3 is 6.18 Å². The maximum absolute atomic E-state index is 13.5. The Labute approximate surface area is 194 Å². The summed E-state index contributed by atoms with van der Waals surface area (Å²) >= 11 is 0. The largest absolute Gasteiger partial charge is 0.416 e. The van der Waals surface area contributed by atoms with Crippen LogP contribution in [-0.2, 0) is 21.0 Å². The van der Waals surface area contributed by atoms with E-state index in [2.05, 4.69) is 19.2 Å². The van der Waals surface area contributed by atoms with Crippen LogP contribution in [0.25, 0.3) is 0 Å². The van der Waals surface area contributed by atoms with Crippen molar-refractivity contribution in [2.24, 2.45) is 5.92 Å². The van der Waals surface area contributed by atoms with E-state index in [1.807, 2.05) is 7.05 Å². The summed E-state index contributed by atoms with van der Waals surface area (Å²) in [4.78, 5) is 14.3. The Kier molecular flexibility index (Phi) is 8.11. The van der Waals surface area contributed by atoms with Crippen LogP contribution in [0.1, 0.15) is 57.9 Å². The molecule has 1 aromatic carbocycles. The van der Waals surface area contributed by atoms with Crippen molar-refractivity contribution < 1.29 is 26.4 Å². The fourth-order valence-electron chi connectivity index (χ4n) is 4.58. The van der Waals surface area contributed by atoms with E-state index in [-0.39, 0.29) is 29.4 Å². The van der Waals surface area contributed by atoms with Gasteiger partial charge in [0.15, 0.2) is 0 Å². The van der Waals surface area contributed by atoms with Gasteiger partial charge in [-0.1, -0.05) is 19.9 Å². The molecule has 1 N–H and O–H groups in total. The average Bonchev–Trinajstić information content (AvgIpc) is 3.57. The fourth-order valence-corrected chi connectivity index (χ4v) is 6.51. The molecule has 33 heavy (non-hydrogen) atoms. The van der Waals surface area contributed by atoms with Gasteiger partial charge in [-0.05, 0) is 63.3 Å². The van der Waals surface area contributed by atoms with Crippen molar-refractivity contribution in [1.82, 2.24) is 14.5 Å². The van der Waals surface area contributed by atoms with Gasteiger partial charge in [-0.3, -0.25) is 4.79 Å². The van der Waals surface area contributed by atoms with Gasteiger partial charge < -0.3 is 10.2 Å². The molecular formula is C23H34F3N3O3S. The number of alkyl halides is 3. The van der Waals surface area contributed by atoms with Crippen molar-refractivity contribution >= 4 is 15.9 Å². The maximum Gasteiger partial charge on any atom is 0.416 e. The summed E-state index contributed by atoms with van der Waals surface area (Å²) < 4.78 is 67.8. The number of nitrogens with one attached hydrogen (secondary N) is 1. The van der Waals surface area contributed by atoms with Gasteiger partial charge in [-0.2, -0.15) is 17.5 Å². The molecule has 2 unspecified atom stereocenters. The summed E-state index contributed by atoms with van der Waals surface area (Å²) in [7, 11) is -2.30. The molecule has 1 aliphatic heterocycles. The minimum Gasteiger partial charge on any atom is -0.341 e. The van der Waals surface area contributed by atoms with Crippen molar-refractivity contribution in [3.63, 3.8) is 0 Å². The predicted molar refractivity (Wildman–Crippen MR) is 120 cm³/mol. The van der Waals surface area contributed by atoms with Crippen LogP contribution in [0.3, 0.4) is 0 Å². The first-order valence-electron chi connectivity index (χ1n) is 11.6. The Morgan fingerprint density at radius 1 is 1.21 bits per heavy atom. The number of nitrogens with zero attached hydrogens (tertiary/aromatic N) is 2. The normalized spacial score (nSPS) is 21.0. The first kappa shape index (κ1) is 26.0. The maximum atomic E-state index is 13.5. The Morgan fingerprint density at radius 3 is 2.48 bits per heavy atom. The lowest BCUT2D eigenvalue weighted by Crippen LogP contribution is -2.53. The van der Waals surface area contributed by atoms with E-state index in [0.29, 0.717) is 50.6 Å². The summed E-state index contributed by atoms with van der Waals surface area (Å²) in [6, 6.07) is 3.31. The molecule has 0 radical (unpaired) electrons. The Morgan fingerprint density at radius 2 is 1.91 bits per heavy atom. The Hall–Kier alpha value is -1.65. The van der Waals surface area contributed by atoms with Crippen LogP contribution in [-0.4, -0.2) is 61.8 Å². The number of rotatable bonds is 9. The van der Waals surface area contributed by atoms with Crippen LogP contribution >= 0.6 is 0 Å². The van der Waals surface area contributed by atoms with Gasteiger partial charge in [-0.15, -0.1) is 0 Å². The molecule has 1 aliphatic carbocycles. The SMILES string of the molecule is CNC(CC(=O)N1CCCC(N(C2CC2)S(=O)(=O)c2cccc(C(F)(F)F)c2)C1)CC(C)C. The zero-order valence-electron chi connectivity index (χ0n) is 19.4. The Balaban J connectivity index is 1.79. The average molecular weight is 490 g/mol. The molecule has 1 amide bonds. The molecule has 1 heterocycles. The molecular weight excluding hydrogens is 455 g/mol. The van der Waals surface area contributed by atoms with Crippen LogP contribution in [0.4, 0.5) is 13.2 Å². The highest BCUT2D eigenvalue weighted by atomic mass is 32.2. The van der Waals surface area contributed by atoms with Crippen LogP contribution in [0, 0.1) is 5.92 Å². The van der Waals surface area contributed by atoms with Crippen molar-refractivity contribution in [3.8, 4) is 0 Å². The summed E-state index contributed by atoms with van der Waals surface area (Å²) in [5.74, 6) is 0.416. The number of amides is 1. The molecule has 0 spiro atoms. The Bertz CT molecular complexity index is 932. The standard InChI is InChI=1S/C23H34F3N3O3S/c1-16(2)12-18(27-3)14-22(30)28-11-5-7-20(15-28)29(19-9-10-19)33(31,32)21-8-4-6-17(13-21)23(24,25)26/h4,6,8,13,16,18-20,27H,5,7,9-12,14-15H2,1-3H3. The van der Waals surface area contributed by atoms with Crippen LogP contribution in [0.2, 0.25) is 0 Å². The molecule has 0 bridgehead atoms. The van der Waals surface area contributed by atoms with E-state index < -0.39 is 27.8 Å². The van der Waals surface area contributed by atoms with E-state index in [1.165, 1.54) is 10.4 Å². The number of carbonyl (C=O) groups excluding carboxylic acids is 1. The highest BCUT2D eigenvalue weighted by Gasteiger charge is 2.45. The number of hydrogen-bond donors (Lipinski definition) is 1. The van der Waals surface area contributed by atoms with Crippen LogP contribution in [0.15, 0.2) is 29.2 Å². The molecule has 0 aromatic heterocycles. The van der Waals surface area contributed by atoms with E-state index in [0.717, 1.165) is 18.6 Å². The lowest BCUT2D eigenvalue weighted by Gasteiger charge is -2.39. The number of benzene rings is 1. The second-order valence-electron chi connectivity index (χ2n) is 9.55. The minimum atomic E-state index is -4.62. The number of piperidine rings is 1. The fraction of sp³-hybridized carbons (Fsp3) is 0.696. The van der Waals surface area contributed by atoms with Crippen molar-refractivity contribution in [2.45, 2.75) is 81.6 Å². The second-order valence-corrected chi connectivity index (χ2v) is 11.4. The van der Waals surface area contributed by atoms with E-state index in [4.69, 9.17) is 0 Å². The molecule has 3 rings (SSSR count). The number of sulfonamides is 1. The summed E-state index contributed by atoms with van der Waals surface area (Å²) in [5, 5.41) is 3.18. The van der Waals surface area contributed by atoms with Gasteiger partial charge in [0.2, 0.25) is 15.9 Å². The van der Waals surface area contributed by atoms with E-state index in [9.17, 15) is 26.4 Å². The van der Waals surface area contributed by atoms with Gasteiger partial charge in [0.25, 0.3) is 0 Å². The van der Waals surface area contributed by atoms with Crippen LogP contribution < -0.4 is 5.32 Å². The van der Waals surface area contributed by atoms with E-state index >= 15 is 0 Å². The number of likely N-dealkylation sites (tertiary alicyclic amines) is 1. The van der Waals surface area contributed by atoms with Gasteiger partial charge in [0.05, 0.1) is 10.5 Å². The summed E-state index contributed by atoms with van der Waals surface area (Å²) in [6.07, 6.45) is -0.823. The molecule has 1 saturated heterocycles. The number of hydrogen-bond acceptors (Lipinski definition) is 4. The van der Waals surface area contributed by atoms with E-state index in [1.54, 1.807) is 4.90 Å². The smallest absolute Gasteiger partial charge is 0.341 e. The van der Waals surface area contributed by atoms with Crippen molar-refractivity contribution in [3.05, 3.63) is 29.8 Å². The van der Waals surface area contributed by atoms with Gasteiger partial charge in [-0.25, -0.2) is 8.42 Å². The predicted octanol–water partition coefficient (Wildman–Crippen LogP) is 3.87. The summed E-state index contributed by atoms with van der Waals surface area (Å²) in [5.41, 5.74) is -0.983. The lowest BCUT2D eigenvalue weighted by atomic mass is 9.99. The third-order valence-electron chi connectivity index (χ3n) is 6.34. The van der Waals surface area contributed by atoms with Gasteiger partial charge in [0, 0.05) is 37.6 Å². The molecule has 2 aliphatic rings. The minimum absolute atomic E-state index is 0.0214. The second kappa shape index (κ2) is 10.3. The first-order valence-corrected chi connectivity index (χ1v) is 13.0. The first-order chi connectivity index (χ1) is 15.4.